The number of halogens is 2. The van der Waals surface area contributed by atoms with Crippen molar-refractivity contribution in [2.45, 2.75) is 25.7 Å². The smallest absolute Gasteiger partial charge is 0.303 e. The summed E-state index contributed by atoms with van der Waals surface area (Å²) in [5.41, 5.74) is -0.254. The third-order valence-electron chi connectivity index (χ3n) is 3.07. The van der Waals surface area contributed by atoms with Gasteiger partial charge in [-0.1, -0.05) is 6.92 Å². The molecule has 1 aromatic carbocycles. The van der Waals surface area contributed by atoms with Crippen LogP contribution in [0.15, 0.2) is 18.2 Å². The zero-order chi connectivity index (χ0) is 14.8. The summed E-state index contributed by atoms with van der Waals surface area (Å²) in [5, 5.41) is 8.50. The van der Waals surface area contributed by atoms with E-state index >= 15 is 0 Å². The van der Waals surface area contributed by atoms with Gasteiger partial charge in [0.05, 0.1) is 19.6 Å². The third-order valence-corrected chi connectivity index (χ3v) is 3.07. The Bertz CT molecular complexity index is 502. The number of carboxylic acids is 1. The summed E-state index contributed by atoms with van der Waals surface area (Å²) in [5.74, 6) is -3.55. The first-order valence-corrected chi connectivity index (χ1v) is 6.38. The molecule has 0 saturated carbocycles. The minimum Gasteiger partial charge on any atom is -0.489 e. The van der Waals surface area contributed by atoms with Crippen LogP contribution < -0.4 is 9.47 Å². The molecule has 0 bridgehead atoms. The zero-order valence-corrected chi connectivity index (χ0v) is 11.1. The Kier molecular flexibility index (Phi) is 4.11. The average Bonchev–Trinajstić information content (AvgIpc) is 2.58. The predicted octanol–water partition coefficient (Wildman–Crippen LogP) is 3.05. The SMILES string of the molecule is CC1COc2ccc(C(F)(F)CCC(=O)O)cc2OC1. The van der Waals surface area contributed by atoms with Crippen LogP contribution in [0, 0.1) is 5.92 Å². The quantitative estimate of drug-likeness (QED) is 0.924. The fraction of sp³-hybridized carbons (Fsp3) is 0.500. The van der Waals surface area contributed by atoms with Gasteiger partial charge in [0.2, 0.25) is 0 Å². The zero-order valence-electron chi connectivity index (χ0n) is 11.1. The summed E-state index contributed by atoms with van der Waals surface area (Å²) in [6.45, 7) is 2.81. The number of aliphatic carboxylic acids is 1. The van der Waals surface area contributed by atoms with Gasteiger partial charge in [0.15, 0.2) is 11.5 Å². The molecule has 0 aliphatic carbocycles. The Labute approximate surface area is 115 Å². The van der Waals surface area contributed by atoms with Crippen molar-refractivity contribution in [1.82, 2.24) is 0 Å². The molecule has 1 atom stereocenters. The Morgan fingerprint density at radius 2 is 2.00 bits per heavy atom. The molecule has 1 aromatic rings. The number of carbonyl (C=O) groups is 1. The summed E-state index contributed by atoms with van der Waals surface area (Å²) >= 11 is 0. The van der Waals surface area contributed by atoms with E-state index in [4.69, 9.17) is 14.6 Å². The molecule has 0 amide bonds. The van der Waals surface area contributed by atoms with E-state index in [0.717, 1.165) is 0 Å². The van der Waals surface area contributed by atoms with Crippen molar-refractivity contribution < 1.29 is 28.2 Å². The van der Waals surface area contributed by atoms with Gasteiger partial charge < -0.3 is 14.6 Å². The van der Waals surface area contributed by atoms with Gasteiger partial charge >= 0.3 is 5.97 Å². The maximum Gasteiger partial charge on any atom is 0.303 e. The van der Waals surface area contributed by atoms with Crippen LogP contribution in [-0.4, -0.2) is 24.3 Å². The number of hydrogen-bond acceptors (Lipinski definition) is 3. The fourth-order valence-electron chi connectivity index (χ4n) is 1.89. The van der Waals surface area contributed by atoms with Crippen molar-refractivity contribution in [1.29, 1.82) is 0 Å². The first-order chi connectivity index (χ1) is 9.38. The fourth-order valence-corrected chi connectivity index (χ4v) is 1.89. The van der Waals surface area contributed by atoms with Gasteiger partial charge in [-0.2, -0.15) is 0 Å². The second-order valence-electron chi connectivity index (χ2n) is 4.99. The highest BCUT2D eigenvalue weighted by Crippen LogP contribution is 2.39. The van der Waals surface area contributed by atoms with Gasteiger partial charge in [0, 0.05) is 17.9 Å². The standard InChI is InChI=1S/C14H16F2O4/c1-9-7-19-11-3-2-10(6-12(11)20-8-9)14(15,16)5-4-13(17)18/h2-3,6,9H,4-5,7-8H2,1H3,(H,17,18). The Morgan fingerprint density at radius 1 is 1.35 bits per heavy atom. The molecule has 1 N–H and O–H groups in total. The summed E-state index contributed by atoms with van der Waals surface area (Å²) < 4.78 is 38.7. The molecule has 6 heteroatoms. The number of hydrogen-bond donors (Lipinski definition) is 1. The summed E-state index contributed by atoms with van der Waals surface area (Å²) in [6, 6.07) is 3.92. The van der Waals surface area contributed by atoms with E-state index < -0.39 is 24.7 Å². The van der Waals surface area contributed by atoms with Crippen LogP contribution in [-0.2, 0) is 10.7 Å². The molecule has 1 heterocycles. The number of rotatable bonds is 4. The van der Waals surface area contributed by atoms with Crippen molar-refractivity contribution in [2.24, 2.45) is 5.92 Å². The van der Waals surface area contributed by atoms with Gasteiger partial charge in [0.25, 0.3) is 5.92 Å². The Balaban J connectivity index is 2.20. The molecule has 110 valence electrons. The first-order valence-electron chi connectivity index (χ1n) is 6.38. The molecule has 0 fully saturated rings. The van der Waals surface area contributed by atoms with E-state index in [1.165, 1.54) is 18.2 Å². The molecule has 4 nitrogen and oxygen atoms in total. The van der Waals surface area contributed by atoms with Gasteiger partial charge in [-0.15, -0.1) is 0 Å². The molecule has 1 aliphatic heterocycles. The van der Waals surface area contributed by atoms with Crippen molar-refractivity contribution >= 4 is 5.97 Å². The highest BCUT2D eigenvalue weighted by atomic mass is 19.3. The number of ether oxygens (including phenoxy) is 2. The molecule has 0 saturated heterocycles. The van der Waals surface area contributed by atoms with E-state index in [2.05, 4.69) is 0 Å². The number of fused-ring (bicyclic) bond motifs is 1. The third kappa shape index (κ3) is 3.37. The monoisotopic (exact) mass is 286 g/mol. The highest BCUT2D eigenvalue weighted by molar-refractivity contribution is 5.66. The minimum absolute atomic E-state index is 0.179. The van der Waals surface area contributed by atoms with Crippen LogP contribution in [0.1, 0.15) is 25.3 Å². The average molecular weight is 286 g/mol. The lowest BCUT2D eigenvalue weighted by atomic mass is 10.0. The van der Waals surface area contributed by atoms with Crippen molar-refractivity contribution in [3.8, 4) is 11.5 Å². The lowest BCUT2D eigenvalue weighted by Crippen LogP contribution is -2.15. The van der Waals surface area contributed by atoms with E-state index in [1.807, 2.05) is 6.92 Å². The summed E-state index contributed by atoms with van der Waals surface area (Å²) in [6.07, 6.45) is -1.32. The molecule has 0 spiro atoms. The van der Waals surface area contributed by atoms with Crippen LogP contribution in [0.2, 0.25) is 0 Å². The minimum atomic E-state index is -3.20. The molecule has 20 heavy (non-hydrogen) atoms. The molecule has 1 unspecified atom stereocenters. The van der Waals surface area contributed by atoms with E-state index in [1.54, 1.807) is 0 Å². The van der Waals surface area contributed by atoms with Crippen LogP contribution in [0.4, 0.5) is 8.78 Å². The van der Waals surface area contributed by atoms with Crippen molar-refractivity contribution in [3.63, 3.8) is 0 Å². The first kappa shape index (κ1) is 14.6. The molecular weight excluding hydrogens is 270 g/mol. The maximum atomic E-state index is 13.9. The van der Waals surface area contributed by atoms with Gasteiger partial charge in [-0.25, -0.2) is 8.78 Å². The predicted molar refractivity (Wildman–Crippen MR) is 67.4 cm³/mol. The second kappa shape index (κ2) is 5.64. The Hall–Kier alpha value is -1.85. The summed E-state index contributed by atoms with van der Waals surface area (Å²) in [4.78, 5) is 10.4. The van der Waals surface area contributed by atoms with Crippen LogP contribution >= 0.6 is 0 Å². The Morgan fingerprint density at radius 3 is 2.65 bits per heavy atom. The summed E-state index contributed by atoms with van der Waals surface area (Å²) in [7, 11) is 0. The molecule has 0 aromatic heterocycles. The van der Waals surface area contributed by atoms with E-state index in [-0.39, 0.29) is 17.2 Å². The molecule has 1 aliphatic rings. The lowest BCUT2D eigenvalue weighted by molar-refractivity contribution is -0.139. The topological polar surface area (TPSA) is 55.8 Å². The van der Waals surface area contributed by atoms with E-state index in [0.29, 0.717) is 19.0 Å². The lowest BCUT2D eigenvalue weighted by Gasteiger charge is -2.17. The number of carboxylic acid groups (broad SMARTS) is 1. The van der Waals surface area contributed by atoms with E-state index in [9.17, 15) is 13.6 Å². The largest absolute Gasteiger partial charge is 0.489 e. The van der Waals surface area contributed by atoms with Crippen molar-refractivity contribution in [3.05, 3.63) is 23.8 Å². The van der Waals surface area contributed by atoms with Gasteiger partial charge in [-0.05, 0) is 18.2 Å². The second-order valence-corrected chi connectivity index (χ2v) is 4.99. The molecular formula is C14H16F2O4. The highest BCUT2D eigenvalue weighted by Gasteiger charge is 2.33. The molecule has 0 radical (unpaired) electrons. The number of alkyl halides is 2. The van der Waals surface area contributed by atoms with Gasteiger partial charge in [0.1, 0.15) is 0 Å². The van der Waals surface area contributed by atoms with Crippen molar-refractivity contribution in [2.75, 3.05) is 13.2 Å². The van der Waals surface area contributed by atoms with Crippen LogP contribution in [0.3, 0.4) is 0 Å². The van der Waals surface area contributed by atoms with Crippen LogP contribution in [0.5, 0.6) is 11.5 Å². The normalized spacial score (nSPS) is 18.4. The number of benzene rings is 1. The van der Waals surface area contributed by atoms with Crippen LogP contribution in [0.25, 0.3) is 0 Å². The van der Waals surface area contributed by atoms with Gasteiger partial charge in [-0.3, -0.25) is 4.79 Å². The maximum absolute atomic E-state index is 13.9. The molecule has 2 rings (SSSR count).